The van der Waals surface area contributed by atoms with Gasteiger partial charge in [-0.05, 0) is 30.2 Å². The molecule has 1 aromatic carbocycles. The van der Waals surface area contributed by atoms with Crippen molar-refractivity contribution >= 4 is 5.69 Å². The van der Waals surface area contributed by atoms with Crippen molar-refractivity contribution < 1.29 is 9.84 Å². The van der Waals surface area contributed by atoms with Crippen molar-refractivity contribution in [2.24, 2.45) is 0 Å². The highest BCUT2D eigenvalue weighted by Gasteiger charge is 2.50. The molecule has 2 atom stereocenters. The van der Waals surface area contributed by atoms with Crippen molar-refractivity contribution in [1.29, 1.82) is 0 Å². The van der Waals surface area contributed by atoms with Crippen LogP contribution >= 0.6 is 0 Å². The Hall–Kier alpha value is -1.22. The van der Waals surface area contributed by atoms with Gasteiger partial charge in [0.1, 0.15) is 12.0 Å². The fourth-order valence-electron chi connectivity index (χ4n) is 2.91. The largest absolute Gasteiger partial charge is 0.508 e. The molecule has 0 spiro atoms. The zero-order chi connectivity index (χ0) is 10.6. The van der Waals surface area contributed by atoms with Gasteiger partial charge in [-0.25, -0.2) is 0 Å². The van der Waals surface area contributed by atoms with E-state index in [-0.39, 0.29) is 11.6 Å². The first-order valence-electron chi connectivity index (χ1n) is 5.31. The summed E-state index contributed by atoms with van der Waals surface area (Å²) in [5, 5.41) is 9.56. The molecule has 3 heteroatoms. The number of likely N-dealkylation sites (N-methyl/N-ethyl adjacent to an activating group) is 1. The minimum Gasteiger partial charge on any atom is -0.508 e. The molecular formula is C12H15NO2. The zero-order valence-corrected chi connectivity index (χ0v) is 9.03. The second-order valence-corrected chi connectivity index (χ2v) is 4.70. The first-order valence-corrected chi connectivity index (χ1v) is 5.31. The number of anilines is 1. The van der Waals surface area contributed by atoms with Crippen LogP contribution in [0.5, 0.6) is 5.75 Å². The molecule has 0 bridgehead atoms. The maximum absolute atomic E-state index is 9.56. The minimum absolute atomic E-state index is 0.0445. The average molecular weight is 205 g/mol. The third-order valence-electron chi connectivity index (χ3n) is 3.77. The average Bonchev–Trinajstić information content (AvgIpc) is 2.67. The van der Waals surface area contributed by atoms with Crippen LogP contribution in [0, 0.1) is 0 Å². The third kappa shape index (κ3) is 0.988. The van der Waals surface area contributed by atoms with Crippen molar-refractivity contribution in [2.75, 3.05) is 18.6 Å². The summed E-state index contributed by atoms with van der Waals surface area (Å²) in [6.07, 6.45) is 1.16. The summed E-state index contributed by atoms with van der Waals surface area (Å²) in [5.74, 6) is 0.343. The fraction of sp³-hybridized carbons (Fsp3) is 0.500. The van der Waals surface area contributed by atoms with Crippen molar-refractivity contribution in [3.05, 3.63) is 23.8 Å². The van der Waals surface area contributed by atoms with E-state index in [1.165, 1.54) is 11.3 Å². The van der Waals surface area contributed by atoms with Crippen molar-refractivity contribution in [1.82, 2.24) is 0 Å². The Labute approximate surface area is 89.3 Å². The molecule has 2 heterocycles. The topological polar surface area (TPSA) is 32.7 Å². The van der Waals surface area contributed by atoms with Crippen LogP contribution in [0.2, 0.25) is 0 Å². The standard InChI is InChI=1S/C12H15NO2/c1-12-5-6-15-11(12)13(2)10-4-3-8(14)7-9(10)12/h3-4,7,11,14H,5-6H2,1-2H3. The maximum Gasteiger partial charge on any atom is 0.139 e. The van der Waals surface area contributed by atoms with Crippen molar-refractivity contribution in [3.63, 3.8) is 0 Å². The lowest BCUT2D eigenvalue weighted by Crippen LogP contribution is -2.37. The second-order valence-electron chi connectivity index (χ2n) is 4.70. The molecule has 0 saturated carbocycles. The number of rotatable bonds is 0. The number of nitrogens with zero attached hydrogens (tertiary/aromatic N) is 1. The highest BCUT2D eigenvalue weighted by molar-refractivity contribution is 5.65. The molecule has 15 heavy (non-hydrogen) atoms. The van der Waals surface area contributed by atoms with Gasteiger partial charge in [0.25, 0.3) is 0 Å². The van der Waals surface area contributed by atoms with Gasteiger partial charge in [-0.2, -0.15) is 0 Å². The van der Waals surface area contributed by atoms with E-state index in [9.17, 15) is 5.11 Å². The van der Waals surface area contributed by atoms with E-state index in [0.29, 0.717) is 5.75 Å². The summed E-state index contributed by atoms with van der Waals surface area (Å²) in [7, 11) is 2.05. The van der Waals surface area contributed by atoms with E-state index < -0.39 is 0 Å². The van der Waals surface area contributed by atoms with E-state index in [1.807, 2.05) is 12.1 Å². The first kappa shape index (κ1) is 9.04. The molecule has 3 nitrogen and oxygen atoms in total. The third-order valence-corrected chi connectivity index (χ3v) is 3.77. The predicted molar refractivity (Wildman–Crippen MR) is 58.2 cm³/mol. The Morgan fingerprint density at radius 2 is 2.33 bits per heavy atom. The van der Waals surface area contributed by atoms with Gasteiger partial charge in [0.2, 0.25) is 0 Å². The molecule has 1 fully saturated rings. The smallest absolute Gasteiger partial charge is 0.139 e. The predicted octanol–water partition coefficient (Wildman–Crippen LogP) is 1.85. The molecule has 2 aliphatic heterocycles. The molecule has 1 N–H and O–H groups in total. The van der Waals surface area contributed by atoms with Crippen LogP contribution in [0.1, 0.15) is 18.9 Å². The molecule has 0 aliphatic carbocycles. The van der Waals surface area contributed by atoms with Gasteiger partial charge in [-0.3, -0.25) is 0 Å². The highest BCUT2D eigenvalue weighted by atomic mass is 16.5. The maximum atomic E-state index is 9.56. The summed E-state index contributed by atoms with van der Waals surface area (Å²) in [4.78, 5) is 2.17. The van der Waals surface area contributed by atoms with Crippen molar-refractivity contribution in [2.45, 2.75) is 25.0 Å². The van der Waals surface area contributed by atoms with Gasteiger partial charge in [0, 0.05) is 18.2 Å². The highest BCUT2D eigenvalue weighted by Crippen LogP contribution is 2.50. The summed E-state index contributed by atoms with van der Waals surface area (Å²) in [5.41, 5.74) is 2.44. The lowest BCUT2D eigenvalue weighted by Gasteiger charge is -2.26. The van der Waals surface area contributed by atoms with Crippen LogP contribution < -0.4 is 4.90 Å². The Kier molecular flexibility index (Phi) is 1.61. The van der Waals surface area contributed by atoms with Gasteiger partial charge >= 0.3 is 0 Å². The Balaban J connectivity index is 2.21. The van der Waals surface area contributed by atoms with Gasteiger partial charge in [0.05, 0.1) is 6.61 Å². The molecule has 2 unspecified atom stereocenters. The fourth-order valence-corrected chi connectivity index (χ4v) is 2.91. The van der Waals surface area contributed by atoms with Crippen LogP contribution in [0.15, 0.2) is 18.2 Å². The van der Waals surface area contributed by atoms with E-state index >= 15 is 0 Å². The lowest BCUT2D eigenvalue weighted by atomic mass is 9.82. The van der Waals surface area contributed by atoms with E-state index in [0.717, 1.165) is 13.0 Å². The number of benzene rings is 1. The van der Waals surface area contributed by atoms with Crippen LogP contribution in [0.3, 0.4) is 0 Å². The van der Waals surface area contributed by atoms with E-state index in [2.05, 4.69) is 18.9 Å². The Bertz CT molecular complexity index is 418. The normalized spacial score (nSPS) is 32.9. The van der Waals surface area contributed by atoms with E-state index in [4.69, 9.17) is 4.74 Å². The molecule has 1 aromatic rings. The second kappa shape index (κ2) is 2.67. The quantitative estimate of drug-likeness (QED) is 0.701. The molecule has 2 aliphatic rings. The number of hydrogen-bond donors (Lipinski definition) is 1. The van der Waals surface area contributed by atoms with Gasteiger partial charge in [-0.15, -0.1) is 0 Å². The number of hydrogen-bond acceptors (Lipinski definition) is 3. The summed E-state index contributed by atoms with van der Waals surface area (Å²) in [6.45, 7) is 3.02. The summed E-state index contributed by atoms with van der Waals surface area (Å²) in [6, 6.07) is 5.58. The molecule has 0 radical (unpaired) electrons. The van der Waals surface area contributed by atoms with Crippen LogP contribution in [-0.2, 0) is 10.2 Å². The first-order chi connectivity index (χ1) is 7.13. The van der Waals surface area contributed by atoms with Crippen LogP contribution in [0.4, 0.5) is 5.69 Å². The molecule has 80 valence electrons. The van der Waals surface area contributed by atoms with Gasteiger partial charge in [-0.1, -0.05) is 6.92 Å². The molecule has 0 amide bonds. The molecule has 3 rings (SSSR count). The zero-order valence-electron chi connectivity index (χ0n) is 9.03. The number of aromatic hydroxyl groups is 1. The molecule has 1 saturated heterocycles. The summed E-state index contributed by atoms with van der Waals surface area (Å²) >= 11 is 0. The lowest BCUT2D eigenvalue weighted by molar-refractivity contribution is 0.0920. The van der Waals surface area contributed by atoms with E-state index in [1.54, 1.807) is 6.07 Å². The van der Waals surface area contributed by atoms with Crippen molar-refractivity contribution in [3.8, 4) is 5.75 Å². The molecule has 0 aromatic heterocycles. The number of phenolic OH excluding ortho intramolecular Hbond substituents is 1. The van der Waals surface area contributed by atoms with Gasteiger partial charge in [0.15, 0.2) is 0 Å². The number of fused-ring (bicyclic) bond motifs is 3. The van der Waals surface area contributed by atoms with Gasteiger partial charge < -0.3 is 14.7 Å². The number of ether oxygens (including phenoxy) is 1. The Morgan fingerprint density at radius 3 is 3.13 bits per heavy atom. The Morgan fingerprint density at radius 1 is 1.53 bits per heavy atom. The summed E-state index contributed by atoms with van der Waals surface area (Å²) < 4.78 is 5.76. The van der Waals surface area contributed by atoms with Crippen LogP contribution in [0.25, 0.3) is 0 Å². The number of phenols is 1. The minimum atomic E-state index is 0.0445. The molecular weight excluding hydrogens is 190 g/mol. The SMILES string of the molecule is CN1c2ccc(O)cc2C2(C)CCOC12. The van der Waals surface area contributed by atoms with Crippen LogP contribution in [-0.4, -0.2) is 25.0 Å². The monoisotopic (exact) mass is 205 g/mol.